The van der Waals surface area contributed by atoms with Gasteiger partial charge in [0.15, 0.2) is 17.5 Å². The third kappa shape index (κ3) is 3.51. The molecule has 1 amide bonds. The number of ether oxygens (including phenoxy) is 1. The molecule has 138 valence electrons. The average Bonchev–Trinajstić information content (AvgIpc) is 3.09. The molecule has 0 aliphatic carbocycles. The molecule has 0 saturated carbocycles. The number of fused-ring (bicyclic) bond motifs is 1. The molecule has 0 unspecified atom stereocenters. The zero-order valence-corrected chi connectivity index (χ0v) is 14.6. The van der Waals surface area contributed by atoms with Gasteiger partial charge in [-0.15, -0.1) is 0 Å². The van der Waals surface area contributed by atoms with Gasteiger partial charge in [-0.2, -0.15) is 0 Å². The zero-order valence-electron chi connectivity index (χ0n) is 13.9. The minimum absolute atomic E-state index is 0.149. The molecule has 3 rings (SSSR count). The number of nitro groups is 1. The van der Waals surface area contributed by atoms with Crippen molar-refractivity contribution in [3.8, 4) is 11.5 Å². The number of hydrogen-bond acceptors (Lipinski definition) is 6. The van der Waals surface area contributed by atoms with E-state index in [1.807, 2.05) is 0 Å². The Balaban J connectivity index is 2.03. The molecule has 2 aromatic heterocycles. The van der Waals surface area contributed by atoms with Crippen molar-refractivity contribution >= 4 is 40.1 Å². The largest absolute Gasteiger partial charge is 0.453 e. The zero-order chi connectivity index (χ0) is 19.7. The van der Waals surface area contributed by atoms with E-state index in [-0.39, 0.29) is 17.1 Å². The van der Waals surface area contributed by atoms with Gasteiger partial charge >= 0.3 is 0 Å². The number of rotatable bonds is 4. The lowest BCUT2D eigenvalue weighted by Crippen LogP contribution is -2.38. The summed E-state index contributed by atoms with van der Waals surface area (Å²) in [5.41, 5.74) is 5.67. The van der Waals surface area contributed by atoms with Crippen LogP contribution in [-0.4, -0.2) is 38.7 Å². The van der Waals surface area contributed by atoms with E-state index in [1.54, 1.807) is 12.1 Å². The summed E-state index contributed by atoms with van der Waals surface area (Å²) in [5, 5.41) is 19.1. The van der Waals surface area contributed by atoms with E-state index in [0.29, 0.717) is 21.7 Å². The van der Waals surface area contributed by atoms with Gasteiger partial charge in [0.1, 0.15) is 11.9 Å². The number of H-pyrrole nitrogens is 1. The molecule has 27 heavy (non-hydrogen) atoms. The Morgan fingerprint density at radius 3 is 2.81 bits per heavy atom. The number of benzene rings is 1. The van der Waals surface area contributed by atoms with Crippen molar-refractivity contribution < 1.29 is 14.5 Å². The van der Waals surface area contributed by atoms with E-state index in [2.05, 4.69) is 9.97 Å². The molecule has 0 spiro atoms. The van der Waals surface area contributed by atoms with Crippen LogP contribution in [0.15, 0.2) is 36.7 Å². The second-order valence-corrected chi connectivity index (χ2v) is 5.91. The molecule has 0 aliphatic heterocycles. The highest BCUT2D eigenvalue weighted by molar-refractivity contribution is 6.35. The Kier molecular flexibility index (Phi) is 4.65. The highest BCUT2D eigenvalue weighted by Crippen LogP contribution is 2.35. The molecule has 2 heterocycles. The lowest BCUT2D eigenvalue weighted by atomic mass is 10.2. The Morgan fingerprint density at radius 1 is 1.41 bits per heavy atom. The van der Waals surface area contributed by atoms with Crippen LogP contribution in [0.3, 0.4) is 0 Å². The van der Waals surface area contributed by atoms with Crippen LogP contribution in [0.1, 0.15) is 10.5 Å². The number of amides is 1. The van der Waals surface area contributed by atoms with Crippen LogP contribution in [0.25, 0.3) is 10.9 Å². The van der Waals surface area contributed by atoms with Crippen molar-refractivity contribution in [1.82, 2.24) is 14.9 Å². The van der Waals surface area contributed by atoms with E-state index in [1.165, 1.54) is 25.4 Å². The molecular formula is C16H13ClN6O4. The third-order valence-electron chi connectivity index (χ3n) is 3.74. The Hall–Kier alpha value is -3.66. The predicted octanol–water partition coefficient (Wildman–Crippen LogP) is 2.88. The summed E-state index contributed by atoms with van der Waals surface area (Å²) in [6.45, 7) is 0. The molecule has 0 saturated heterocycles. The quantitative estimate of drug-likeness (QED) is 0.270. The third-order valence-corrected chi connectivity index (χ3v) is 4.07. The highest BCUT2D eigenvalue weighted by atomic mass is 35.5. The van der Waals surface area contributed by atoms with Gasteiger partial charge in [0.2, 0.25) is 0 Å². The minimum Gasteiger partial charge on any atom is -0.453 e. The number of pyridine rings is 1. The number of nitrogens with one attached hydrogen (secondary N) is 2. The first kappa shape index (κ1) is 18.1. The molecular weight excluding hydrogens is 376 g/mol. The minimum atomic E-state index is -0.583. The fourth-order valence-electron chi connectivity index (χ4n) is 2.34. The number of carbonyl (C=O) groups is 1. The van der Waals surface area contributed by atoms with E-state index in [4.69, 9.17) is 27.5 Å². The van der Waals surface area contributed by atoms with Crippen molar-refractivity contribution in [1.29, 1.82) is 5.41 Å². The number of aromatic nitrogens is 2. The first-order valence-corrected chi connectivity index (χ1v) is 7.86. The highest BCUT2D eigenvalue weighted by Gasteiger charge is 2.19. The number of guanidine groups is 1. The van der Waals surface area contributed by atoms with Crippen molar-refractivity contribution in [2.24, 2.45) is 5.73 Å². The second kappa shape index (κ2) is 6.92. The number of carbonyl (C=O) groups excluding carboxylic acids is 1. The van der Waals surface area contributed by atoms with Crippen molar-refractivity contribution in [2.45, 2.75) is 0 Å². The van der Waals surface area contributed by atoms with Gasteiger partial charge in [-0.1, -0.05) is 11.6 Å². The normalized spacial score (nSPS) is 10.6. The van der Waals surface area contributed by atoms with Crippen LogP contribution in [0.2, 0.25) is 5.02 Å². The summed E-state index contributed by atoms with van der Waals surface area (Å²) >= 11 is 6.19. The van der Waals surface area contributed by atoms with Gasteiger partial charge in [0.25, 0.3) is 11.6 Å². The van der Waals surface area contributed by atoms with Gasteiger partial charge in [-0.25, -0.2) is 0 Å². The molecule has 10 nitrogen and oxygen atoms in total. The van der Waals surface area contributed by atoms with Gasteiger partial charge in [-0.05, 0) is 18.2 Å². The Morgan fingerprint density at radius 2 is 2.15 bits per heavy atom. The number of nitrogens with zero attached hydrogens (tertiary/aromatic N) is 3. The number of hydrogen-bond donors (Lipinski definition) is 3. The standard InChI is InChI=1S/C16H13ClN6O4/c1-22(16(18)19)15(24)12-5-10-11(17)2-3-13(14(10)21-12)27-9-4-8(23(25)26)6-20-7-9/h2-7,21H,1H3,(H3,18,19). The first-order chi connectivity index (χ1) is 12.8. The van der Waals surface area contributed by atoms with Crippen molar-refractivity contribution in [2.75, 3.05) is 7.05 Å². The van der Waals surface area contributed by atoms with E-state index < -0.39 is 16.8 Å². The molecule has 0 atom stereocenters. The van der Waals surface area contributed by atoms with E-state index in [9.17, 15) is 14.9 Å². The maximum Gasteiger partial charge on any atom is 0.291 e. The van der Waals surface area contributed by atoms with E-state index in [0.717, 1.165) is 11.1 Å². The molecule has 0 fully saturated rings. The summed E-state index contributed by atoms with van der Waals surface area (Å²) in [6.07, 6.45) is 2.43. The summed E-state index contributed by atoms with van der Waals surface area (Å²) in [6, 6.07) is 5.87. The SMILES string of the molecule is CN(C(=N)N)C(=O)c1cc2c(Cl)ccc(Oc3cncc([N+](=O)[O-])c3)c2[nH]1. The molecule has 4 N–H and O–H groups in total. The summed E-state index contributed by atoms with van der Waals surface area (Å²) < 4.78 is 5.69. The number of aromatic amines is 1. The number of halogens is 1. The van der Waals surface area contributed by atoms with Crippen molar-refractivity contribution in [3.05, 3.63) is 57.5 Å². The second-order valence-electron chi connectivity index (χ2n) is 5.50. The van der Waals surface area contributed by atoms with Gasteiger partial charge in [-0.3, -0.25) is 30.2 Å². The van der Waals surface area contributed by atoms with Gasteiger partial charge in [0, 0.05) is 12.4 Å². The van der Waals surface area contributed by atoms with Crippen molar-refractivity contribution in [3.63, 3.8) is 0 Å². The van der Waals surface area contributed by atoms with Crippen LogP contribution < -0.4 is 10.5 Å². The summed E-state index contributed by atoms with van der Waals surface area (Å²) in [7, 11) is 1.37. The summed E-state index contributed by atoms with van der Waals surface area (Å²) in [4.78, 5) is 30.3. The van der Waals surface area contributed by atoms with Crippen LogP contribution in [0.5, 0.6) is 11.5 Å². The van der Waals surface area contributed by atoms with E-state index >= 15 is 0 Å². The topological polar surface area (TPSA) is 151 Å². The molecule has 11 heteroatoms. The first-order valence-electron chi connectivity index (χ1n) is 7.48. The van der Waals surface area contributed by atoms with Crippen LogP contribution >= 0.6 is 11.6 Å². The monoisotopic (exact) mass is 388 g/mol. The maximum absolute atomic E-state index is 12.4. The van der Waals surface area contributed by atoms with Crippen LogP contribution in [-0.2, 0) is 0 Å². The molecule has 1 aromatic carbocycles. The van der Waals surface area contributed by atoms with Crippen LogP contribution in [0, 0.1) is 15.5 Å². The summed E-state index contributed by atoms with van der Waals surface area (Å²) in [5.74, 6) is -0.501. The predicted molar refractivity (Wildman–Crippen MR) is 98.3 cm³/mol. The fraction of sp³-hybridized carbons (Fsp3) is 0.0625. The van der Waals surface area contributed by atoms with Crippen LogP contribution in [0.4, 0.5) is 5.69 Å². The Bertz CT molecular complexity index is 1080. The molecule has 0 radical (unpaired) electrons. The lowest BCUT2D eigenvalue weighted by Gasteiger charge is -2.12. The molecule has 0 bridgehead atoms. The van der Waals surface area contributed by atoms with Gasteiger partial charge < -0.3 is 15.5 Å². The molecule has 0 aliphatic rings. The number of nitrogens with two attached hydrogens (primary N) is 1. The maximum atomic E-state index is 12.4. The fourth-order valence-corrected chi connectivity index (χ4v) is 2.55. The Labute approximate surface area is 157 Å². The smallest absolute Gasteiger partial charge is 0.291 e. The average molecular weight is 389 g/mol. The molecule has 3 aromatic rings. The lowest BCUT2D eigenvalue weighted by molar-refractivity contribution is -0.385. The van der Waals surface area contributed by atoms with Gasteiger partial charge in [0.05, 0.1) is 27.7 Å².